The zero-order chi connectivity index (χ0) is 17.1. The number of rotatable bonds is 5. The van der Waals surface area contributed by atoms with Crippen LogP contribution in [0.25, 0.3) is 5.65 Å². The maximum atomic E-state index is 12.2. The number of hydrogen-bond donors (Lipinski definition) is 1. The molecule has 5 nitrogen and oxygen atoms in total. The number of fused-ring (bicyclic) bond motifs is 1. The SMILES string of the molecule is COc1cccn2cc(CCNC(=O)c3ccc(C)c(C)c3)nc12. The van der Waals surface area contributed by atoms with E-state index in [1.807, 2.05) is 61.0 Å². The number of benzene rings is 1. The van der Waals surface area contributed by atoms with Gasteiger partial charge in [0.2, 0.25) is 0 Å². The average molecular weight is 323 g/mol. The van der Waals surface area contributed by atoms with Crippen molar-refractivity contribution in [3.05, 3.63) is 65.1 Å². The summed E-state index contributed by atoms with van der Waals surface area (Å²) in [5, 5.41) is 2.95. The molecule has 24 heavy (non-hydrogen) atoms. The summed E-state index contributed by atoms with van der Waals surface area (Å²) in [6.07, 6.45) is 4.56. The second kappa shape index (κ2) is 6.74. The number of imidazole rings is 1. The number of amides is 1. The Morgan fingerprint density at radius 3 is 2.83 bits per heavy atom. The molecule has 0 spiro atoms. The Bertz CT molecular complexity index is 883. The van der Waals surface area contributed by atoms with Crippen LogP contribution in [-0.2, 0) is 6.42 Å². The molecule has 3 aromatic rings. The number of ether oxygens (including phenoxy) is 1. The number of carbonyl (C=O) groups is 1. The van der Waals surface area contributed by atoms with Crippen LogP contribution in [0.15, 0.2) is 42.7 Å². The smallest absolute Gasteiger partial charge is 0.251 e. The molecule has 1 amide bonds. The van der Waals surface area contributed by atoms with E-state index in [4.69, 9.17) is 4.74 Å². The third-order valence-corrected chi connectivity index (χ3v) is 4.15. The molecule has 0 bridgehead atoms. The standard InChI is InChI=1S/C19H21N3O2/c1-13-6-7-15(11-14(13)2)19(23)20-9-8-16-12-22-10-4-5-17(24-3)18(22)21-16/h4-7,10-12H,8-9H2,1-3H3,(H,20,23). The number of methoxy groups -OCH3 is 1. The molecule has 3 rings (SSSR count). The Labute approximate surface area is 141 Å². The molecule has 1 N–H and O–H groups in total. The van der Waals surface area contributed by atoms with Crippen molar-refractivity contribution in [2.75, 3.05) is 13.7 Å². The molecule has 2 aromatic heterocycles. The molecule has 2 heterocycles. The molecule has 0 atom stereocenters. The molecule has 0 aliphatic carbocycles. The summed E-state index contributed by atoms with van der Waals surface area (Å²) >= 11 is 0. The highest BCUT2D eigenvalue weighted by Gasteiger charge is 2.09. The van der Waals surface area contributed by atoms with E-state index in [-0.39, 0.29) is 5.91 Å². The highest BCUT2D eigenvalue weighted by molar-refractivity contribution is 5.94. The highest BCUT2D eigenvalue weighted by atomic mass is 16.5. The first kappa shape index (κ1) is 16.1. The van der Waals surface area contributed by atoms with E-state index in [0.29, 0.717) is 18.5 Å². The van der Waals surface area contributed by atoms with Crippen LogP contribution >= 0.6 is 0 Å². The van der Waals surface area contributed by atoms with Gasteiger partial charge in [0.25, 0.3) is 5.91 Å². The van der Waals surface area contributed by atoms with Gasteiger partial charge in [-0.25, -0.2) is 4.98 Å². The van der Waals surface area contributed by atoms with Gasteiger partial charge in [-0.15, -0.1) is 0 Å². The van der Waals surface area contributed by atoms with Crippen LogP contribution in [-0.4, -0.2) is 28.9 Å². The molecule has 0 aliphatic heterocycles. The van der Waals surface area contributed by atoms with Crippen LogP contribution in [0.5, 0.6) is 5.75 Å². The third-order valence-electron chi connectivity index (χ3n) is 4.15. The van der Waals surface area contributed by atoms with E-state index < -0.39 is 0 Å². The van der Waals surface area contributed by atoms with Crippen molar-refractivity contribution < 1.29 is 9.53 Å². The quantitative estimate of drug-likeness (QED) is 0.785. The summed E-state index contributed by atoms with van der Waals surface area (Å²) in [6, 6.07) is 9.54. The molecule has 0 saturated heterocycles. The van der Waals surface area contributed by atoms with Crippen molar-refractivity contribution in [1.29, 1.82) is 0 Å². The Hall–Kier alpha value is -2.82. The summed E-state index contributed by atoms with van der Waals surface area (Å²) < 4.78 is 7.24. The van der Waals surface area contributed by atoms with Crippen molar-refractivity contribution in [2.24, 2.45) is 0 Å². The number of pyridine rings is 1. The topological polar surface area (TPSA) is 55.6 Å². The van der Waals surface area contributed by atoms with E-state index in [2.05, 4.69) is 10.3 Å². The van der Waals surface area contributed by atoms with Crippen molar-refractivity contribution >= 4 is 11.6 Å². The molecule has 5 heteroatoms. The lowest BCUT2D eigenvalue weighted by Crippen LogP contribution is -2.25. The number of nitrogens with one attached hydrogen (secondary N) is 1. The number of carbonyl (C=O) groups excluding carboxylic acids is 1. The molecule has 0 radical (unpaired) electrons. The van der Waals surface area contributed by atoms with Crippen LogP contribution < -0.4 is 10.1 Å². The van der Waals surface area contributed by atoms with Crippen molar-refractivity contribution in [2.45, 2.75) is 20.3 Å². The van der Waals surface area contributed by atoms with Gasteiger partial charge in [-0.1, -0.05) is 6.07 Å². The van der Waals surface area contributed by atoms with E-state index in [1.54, 1.807) is 7.11 Å². The summed E-state index contributed by atoms with van der Waals surface area (Å²) in [5.41, 5.74) is 4.70. The molecular weight excluding hydrogens is 302 g/mol. The second-order valence-electron chi connectivity index (χ2n) is 5.84. The van der Waals surface area contributed by atoms with Crippen LogP contribution in [0.1, 0.15) is 27.2 Å². The maximum absolute atomic E-state index is 12.2. The van der Waals surface area contributed by atoms with Gasteiger partial charge in [-0.05, 0) is 49.2 Å². The largest absolute Gasteiger partial charge is 0.493 e. The van der Waals surface area contributed by atoms with Gasteiger partial charge in [0.1, 0.15) is 0 Å². The summed E-state index contributed by atoms with van der Waals surface area (Å²) in [5.74, 6) is 0.683. The molecule has 0 fully saturated rings. The first-order chi connectivity index (χ1) is 11.6. The predicted molar refractivity (Wildman–Crippen MR) is 93.7 cm³/mol. The predicted octanol–water partition coefficient (Wildman–Crippen LogP) is 2.93. The van der Waals surface area contributed by atoms with E-state index in [9.17, 15) is 4.79 Å². The highest BCUT2D eigenvalue weighted by Crippen LogP contribution is 2.18. The van der Waals surface area contributed by atoms with Crippen LogP contribution in [0.2, 0.25) is 0 Å². The average Bonchev–Trinajstić information content (AvgIpc) is 3.00. The Balaban J connectivity index is 1.63. The maximum Gasteiger partial charge on any atom is 0.251 e. The van der Waals surface area contributed by atoms with Crippen LogP contribution in [0, 0.1) is 13.8 Å². The summed E-state index contributed by atoms with van der Waals surface area (Å²) in [7, 11) is 1.63. The third kappa shape index (κ3) is 3.25. The second-order valence-corrected chi connectivity index (χ2v) is 5.84. The Morgan fingerprint density at radius 2 is 2.08 bits per heavy atom. The van der Waals surface area contributed by atoms with Crippen molar-refractivity contribution in [1.82, 2.24) is 14.7 Å². The lowest BCUT2D eigenvalue weighted by Gasteiger charge is -2.06. The molecule has 1 aromatic carbocycles. The van der Waals surface area contributed by atoms with Crippen LogP contribution in [0.3, 0.4) is 0 Å². The minimum Gasteiger partial charge on any atom is -0.493 e. The molecule has 0 unspecified atom stereocenters. The Morgan fingerprint density at radius 1 is 1.25 bits per heavy atom. The van der Waals surface area contributed by atoms with Crippen LogP contribution in [0.4, 0.5) is 0 Å². The van der Waals surface area contributed by atoms with E-state index in [0.717, 1.165) is 22.7 Å². The summed E-state index contributed by atoms with van der Waals surface area (Å²) in [4.78, 5) is 16.8. The fraction of sp³-hybridized carbons (Fsp3) is 0.263. The molecular formula is C19H21N3O2. The van der Waals surface area contributed by atoms with Gasteiger partial charge >= 0.3 is 0 Å². The number of nitrogens with zero attached hydrogens (tertiary/aromatic N) is 2. The first-order valence-corrected chi connectivity index (χ1v) is 7.94. The minimum atomic E-state index is -0.0561. The van der Waals surface area contributed by atoms with Gasteiger partial charge in [-0.2, -0.15) is 0 Å². The van der Waals surface area contributed by atoms with Crippen molar-refractivity contribution in [3.63, 3.8) is 0 Å². The number of aryl methyl sites for hydroxylation is 2. The minimum absolute atomic E-state index is 0.0561. The number of aromatic nitrogens is 2. The van der Waals surface area contributed by atoms with E-state index >= 15 is 0 Å². The Kier molecular flexibility index (Phi) is 4.51. The zero-order valence-electron chi connectivity index (χ0n) is 14.2. The monoisotopic (exact) mass is 323 g/mol. The van der Waals surface area contributed by atoms with E-state index in [1.165, 1.54) is 5.56 Å². The molecule has 124 valence electrons. The fourth-order valence-electron chi connectivity index (χ4n) is 2.61. The zero-order valence-corrected chi connectivity index (χ0v) is 14.2. The normalized spacial score (nSPS) is 10.8. The molecule has 0 aliphatic rings. The van der Waals surface area contributed by atoms with Gasteiger partial charge in [0.05, 0.1) is 12.8 Å². The fourth-order valence-corrected chi connectivity index (χ4v) is 2.61. The van der Waals surface area contributed by atoms with Gasteiger partial charge in [0.15, 0.2) is 11.4 Å². The van der Waals surface area contributed by atoms with Gasteiger partial charge in [0, 0.05) is 30.9 Å². The lowest BCUT2D eigenvalue weighted by molar-refractivity contribution is 0.0954. The lowest BCUT2D eigenvalue weighted by atomic mass is 10.1. The van der Waals surface area contributed by atoms with Gasteiger partial charge < -0.3 is 14.5 Å². The number of hydrogen-bond acceptors (Lipinski definition) is 3. The molecule has 0 saturated carbocycles. The summed E-state index contributed by atoms with van der Waals surface area (Å²) in [6.45, 7) is 4.59. The van der Waals surface area contributed by atoms with Gasteiger partial charge in [-0.3, -0.25) is 4.79 Å². The first-order valence-electron chi connectivity index (χ1n) is 7.94. The van der Waals surface area contributed by atoms with Crippen molar-refractivity contribution in [3.8, 4) is 5.75 Å².